The Labute approximate surface area is 195 Å². The molecule has 0 unspecified atom stereocenters. The highest BCUT2D eigenvalue weighted by Gasteiger charge is 2.27. The molecule has 9 nitrogen and oxygen atoms in total. The van der Waals surface area contributed by atoms with Crippen LogP contribution in [-0.4, -0.2) is 69.1 Å². The van der Waals surface area contributed by atoms with Crippen LogP contribution in [-0.2, 0) is 6.54 Å². The molecule has 2 aromatic carbocycles. The van der Waals surface area contributed by atoms with E-state index in [-0.39, 0.29) is 5.91 Å². The normalized spacial score (nSPS) is 14.0. The number of carbonyl (C=O) groups excluding carboxylic acids is 1. The first-order valence-corrected chi connectivity index (χ1v) is 11.0. The molecule has 0 atom stereocenters. The largest absolute Gasteiger partial charge is 0.496 e. The lowest BCUT2D eigenvalue weighted by Crippen LogP contribution is -2.49. The van der Waals surface area contributed by atoms with Crippen LogP contribution in [0.3, 0.4) is 0 Å². The number of rotatable bonds is 5. The van der Waals surface area contributed by atoms with Crippen LogP contribution in [0.15, 0.2) is 54.9 Å². The van der Waals surface area contributed by atoms with Crippen molar-refractivity contribution in [1.82, 2.24) is 29.9 Å². The number of aromatic nitrogens is 5. The van der Waals surface area contributed by atoms with E-state index >= 15 is 0 Å². The van der Waals surface area contributed by atoms with E-state index in [4.69, 9.17) is 16.3 Å². The molecule has 0 N–H and O–H groups in total. The summed E-state index contributed by atoms with van der Waals surface area (Å²) in [7, 11) is 1.54. The molecular formula is C23H22ClN7O2. The van der Waals surface area contributed by atoms with Crippen LogP contribution < -0.4 is 9.64 Å². The number of anilines is 1. The Morgan fingerprint density at radius 2 is 1.85 bits per heavy atom. The van der Waals surface area contributed by atoms with Crippen LogP contribution in [0.4, 0.5) is 5.82 Å². The Morgan fingerprint density at radius 3 is 2.61 bits per heavy atom. The van der Waals surface area contributed by atoms with Gasteiger partial charge < -0.3 is 14.5 Å². The maximum absolute atomic E-state index is 13.1. The fourth-order valence-electron chi connectivity index (χ4n) is 4.01. The van der Waals surface area contributed by atoms with Crippen molar-refractivity contribution in [2.45, 2.75) is 6.54 Å². The number of fused-ring (bicyclic) bond motifs is 1. The molecule has 0 radical (unpaired) electrons. The van der Waals surface area contributed by atoms with Gasteiger partial charge in [-0.25, -0.2) is 14.6 Å². The first-order valence-electron chi connectivity index (χ1n) is 10.6. The van der Waals surface area contributed by atoms with E-state index in [9.17, 15) is 4.79 Å². The maximum Gasteiger partial charge on any atom is 0.257 e. The quantitative estimate of drug-likeness (QED) is 0.449. The number of benzene rings is 2. The monoisotopic (exact) mass is 463 g/mol. The molecule has 0 spiro atoms. The number of carbonyl (C=O) groups is 1. The van der Waals surface area contributed by atoms with Crippen molar-refractivity contribution in [3.05, 3.63) is 71.0 Å². The minimum Gasteiger partial charge on any atom is -0.496 e. The second-order valence-electron chi connectivity index (χ2n) is 7.73. The smallest absolute Gasteiger partial charge is 0.257 e. The summed E-state index contributed by atoms with van der Waals surface area (Å²) >= 11 is 6.10. The summed E-state index contributed by atoms with van der Waals surface area (Å²) in [5.41, 5.74) is 2.93. The third kappa shape index (κ3) is 4.19. The molecule has 2 aromatic heterocycles. The van der Waals surface area contributed by atoms with Crippen molar-refractivity contribution in [2.75, 3.05) is 38.2 Å². The molecule has 168 valence electrons. The van der Waals surface area contributed by atoms with Crippen molar-refractivity contribution >= 4 is 34.5 Å². The molecule has 0 saturated carbocycles. The fraction of sp³-hybridized carbons (Fsp3) is 0.261. The van der Waals surface area contributed by atoms with Gasteiger partial charge in [0.25, 0.3) is 5.91 Å². The highest BCUT2D eigenvalue weighted by atomic mass is 35.5. The average molecular weight is 464 g/mol. The topological polar surface area (TPSA) is 89.3 Å². The average Bonchev–Trinajstić information content (AvgIpc) is 3.27. The lowest BCUT2D eigenvalue weighted by atomic mass is 10.1. The van der Waals surface area contributed by atoms with Gasteiger partial charge >= 0.3 is 0 Å². The zero-order valence-electron chi connectivity index (χ0n) is 18.1. The summed E-state index contributed by atoms with van der Waals surface area (Å²) in [6.07, 6.45) is 1.54. The van der Waals surface area contributed by atoms with Crippen molar-refractivity contribution in [1.29, 1.82) is 0 Å². The van der Waals surface area contributed by atoms with Gasteiger partial charge in [-0.1, -0.05) is 47.1 Å². The number of methoxy groups -OCH3 is 1. The Hall–Kier alpha value is -3.72. The van der Waals surface area contributed by atoms with Gasteiger partial charge in [0, 0.05) is 31.2 Å². The third-order valence-corrected chi connectivity index (χ3v) is 5.95. The van der Waals surface area contributed by atoms with Crippen LogP contribution in [0, 0.1) is 0 Å². The molecule has 1 fully saturated rings. The van der Waals surface area contributed by atoms with Crippen LogP contribution in [0.5, 0.6) is 5.75 Å². The van der Waals surface area contributed by atoms with Gasteiger partial charge in [0.1, 0.15) is 12.1 Å². The van der Waals surface area contributed by atoms with Gasteiger partial charge in [0.2, 0.25) is 0 Å². The molecule has 5 rings (SSSR count). The van der Waals surface area contributed by atoms with Crippen molar-refractivity contribution in [3.8, 4) is 5.75 Å². The van der Waals surface area contributed by atoms with E-state index in [0.717, 1.165) is 11.4 Å². The first kappa shape index (κ1) is 21.1. The fourth-order valence-corrected chi connectivity index (χ4v) is 4.19. The molecule has 1 saturated heterocycles. The van der Waals surface area contributed by atoms with Crippen LogP contribution in [0.25, 0.3) is 11.2 Å². The second kappa shape index (κ2) is 9.03. The number of nitrogens with zero attached hydrogens (tertiary/aromatic N) is 7. The van der Waals surface area contributed by atoms with Gasteiger partial charge in [-0.2, -0.15) is 0 Å². The van der Waals surface area contributed by atoms with E-state index in [1.165, 1.54) is 6.33 Å². The van der Waals surface area contributed by atoms with E-state index in [1.54, 1.807) is 34.9 Å². The van der Waals surface area contributed by atoms with E-state index in [0.29, 0.717) is 60.2 Å². The SMILES string of the molecule is COc1ccc(Cl)cc1C(=O)N1CCN(c2ncnc3c2nnn3Cc2ccccc2)CC1. The third-order valence-electron chi connectivity index (χ3n) is 5.71. The minimum atomic E-state index is -0.101. The summed E-state index contributed by atoms with van der Waals surface area (Å²) in [4.78, 5) is 25.9. The molecule has 10 heteroatoms. The van der Waals surface area contributed by atoms with E-state index in [2.05, 4.69) is 25.2 Å². The summed E-state index contributed by atoms with van der Waals surface area (Å²) in [5, 5.41) is 9.16. The molecule has 0 aliphatic carbocycles. The Kier molecular flexibility index (Phi) is 5.78. The zero-order valence-corrected chi connectivity index (χ0v) is 18.8. The van der Waals surface area contributed by atoms with Gasteiger partial charge in [-0.05, 0) is 23.8 Å². The summed E-state index contributed by atoms with van der Waals surface area (Å²) in [6.45, 7) is 2.90. The Morgan fingerprint density at radius 1 is 1.06 bits per heavy atom. The molecule has 4 aromatic rings. The van der Waals surface area contributed by atoms with Crippen molar-refractivity contribution in [2.24, 2.45) is 0 Å². The second-order valence-corrected chi connectivity index (χ2v) is 8.16. The highest BCUT2D eigenvalue weighted by molar-refractivity contribution is 6.31. The molecule has 1 aliphatic heterocycles. The van der Waals surface area contributed by atoms with E-state index < -0.39 is 0 Å². The highest BCUT2D eigenvalue weighted by Crippen LogP contribution is 2.26. The van der Waals surface area contributed by atoms with Crippen LogP contribution in [0.2, 0.25) is 5.02 Å². The molecule has 1 aliphatic rings. The summed E-state index contributed by atoms with van der Waals surface area (Å²) in [5.74, 6) is 1.14. The first-order chi connectivity index (χ1) is 16.1. The Bertz CT molecular complexity index is 1290. The van der Waals surface area contributed by atoms with Crippen LogP contribution >= 0.6 is 11.6 Å². The van der Waals surface area contributed by atoms with Gasteiger partial charge in [0.15, 0.2) is 17.0 Å². The molecule has 33 heavy (non-hydrogen) atoms. The summed E-state index contributed by atoms with van der Waals surface area (Å²) < 4.78 is 7.12. The predicted octanol–water partition coefficient (Wildman–Crippen LogP) is 2.89. The minimum absolute atomic E-state index is 0.101. The lowest BCUT2D eigenvalue weighted by molar-refractivity contribution is 0.0743. The van der Waals surface area contributed by atoms with E-state index in [1.807, 2.05) is 30.3 Å². The van der Waals surface area contributed by atoms with Crippen LogP contribution in [0.1, 0.15) is 15.9 Å². The number of hydrogen-bond donors (Lipinski definition) is 0. The number of halogens is 1. The number of hydrogen-bond acceptors (Lipinski definition) is 7. The zero-order chi connectivity index (χ0) is 22.8. The number of piperazine rings is 1. The molecule has 3 heterocycles. The van der Waals surface area contributed by atoms with Crippen molar-refractivity contribution in [3.63, 3.8) is 0 Å². The van der Waals surface area contributed by atoms with Gasteiger partial charge in [0.05, 0.1) is 19.2 Å². The Balaban J connectivity index is 1.33. The standard InChI is InChI=1S/C23H22ClN7O2/c1-33-19-8-7-17(24)13-18(19)23(32)30-11-9-29(10-12-30)21-20-22(26-15-25-21)31(28-27-20)14-16-5-3-2-4-6-16/h2-8,13,15H,9-12,14H2,1H3. The predicted molar refractivity (Wildman–Crippen MR) is 125 cm³/mol. The molecule has 1 amide bonds. The van der Waals surface area contributed by atoms with Gasteiger partial charge in [-0.3, -0.25) is 4.79 Å². The molecular weight excluding hydrogens is 442 g/mol. The number of ether oxygens (including phenoxy) is 1. The van der Waals surface area contributed by atoms with Gasteiger partial charge in [-0.15, -0.1) is 5.10 Å². The number of amides is 1. The molecule has 0 bridgehead atoms. The van der Waals surface area contributed by atoms with Crippen molar-refractivity contribution < 1.29 is 9.53 Å². The maximum atomic E-state index is 13.1. The summed E-state index contributed by atoms with van der Waals surface area (Å²) in [6, 6.07) is 15.1. The lowest BCUT2D eigenvalue weighted by Gasteiger charge is -2.35.